The molecule has 0 radical (unpaired) electrons. The van der Waals surface area contributed by atoms with Crippen LogP contribution >= 0.6 is 11.8 Å². The minimum atomic E-state index is -0.418. The van der Waals surface area contributed by atoms with Gasteiger partial charge in [-0.2, -0.15) is 11.8 Å². The van der Waals surface area contributed by atoms with Crippen LogP contribution in [0.1, 0.15) is 12.8 Å². The highest BCUT2D eigenvalue weighted by Crippen LogP contribution is 2.36. The number of carbonyl (C=O) groups excluding carboxylic acids is 2. The molecule has 2 aliphatic heterocycles. The zero-order valence-corrected chi connectivity index (χ0v) is 15.6. The second-order valence-corrected chi connectivity index (χ2v) is 7.39. The van der Waals surface area contributed by atoms with Crippen LogP contribution in [0.4, 0.5) is 5.69 Å². The molecule has 142 valence electrons. The van der Waals surface area contributed by atoms with Gasteiger partial charge in [-0.15, -0.1) is 0 Å². The van der Waals surface area contributed by atoms with Crippen molar-refractivity contribution in [2.45, 2.75) is 18.9 Å². The molecule has 2 amide bonds. The molecule has 0 spiro atoms. The number of anilines is 1. The van der Waals surface area contributed by atoms with Crippen LogP contribution in [0, 0.1) is 5.92 Å². The smallest absolute Gasteiger partial charge is 0.227 e. The molecular weight excluding hydrogens is 356 g/mol. The fraction of sp³-hybridized carbons (Fsp3) is 0.556. The third-order valence-corrected chi connectivity index (χ3v) is 5.21. The van der Waals surface area contributed by atoms with E-state index in [1.165, 1.54) is 0 Å². The Bertz CT molecular complexity index is 669. The van der Waals surface area contributed by atoms with Crippen LogP contribution in [0.25, 0.3) is 0 Å². The third kappa shape index (κ3) is 4.24. The van der Waals surface area contributed by atoms with Crippen LogP contribution in [-0.4, -0.2) is 61.3 Å². The summed E-state index contributed by atoms with van der Waals surface area (Å²) in [4.78, 5) is 26.5. The van der Waals surface area contributed by atoms with E-state index in [1.807, 2.05) is 6.26 Å². The number of aliphatic hydroxyl groups is 1. The van der Waals surface area contributed by atoms with Gasteiger partial charge in [0.2, 0.25) is 11.8 Å². The molecule has 1 fully saturated rings. The predicted molar refractivity (Wildman–Crippen MR) is 99.9 cm³/mol. The lowest BCUT2D eigenvalue weighted by atomic mass is 10.1. The first kappa shape index (κ1) is 18.8. The average molecular weight is 380 g/mol. The number of nitrogens with one attached hydrogen (secondary N) is 1. The summed E-state index contributed by atoms with van der Waals surface area (Å²) < 4.78 is 11.1. The first-order valence-electron chi connectivity index (χ1n) is 8.72. The summed E-state index contributed by atoms with van der Waals surface area (Å²) in [5.74, 6) is 1.45. The van der Waals surface area contributed by atoms with Gasteiger partial charge in [0, 0.05) is 24.7 Å². The van der Waals surface area contributed by atoms with E-state index < -0.39 is 5.92 Å². The quantitative estimate of drug-likeness (QED) is 0.735. The number of benzene rings is 1. The standard InChI is InChI=1S/C18H24N2O5S/c1-26-7-4-13(11-21)19-18(23)12-8-17(22)20(10-12)14-2-3-15-16(9-14)25-6-5-24-15/h2-3,9,12-13,21H,4-8,10-11H2,1H3,(H,19,23)/t12-,13+/m1/s1. The molecule has 0 bridgehead atoms. The Kier molecular flexibility index (Phi) is 6.26. The monoisotopic (exact) mass is 380 g/mol. The van der Waals surface area contributed by atoms with E-state index in [-0.39, 0.29) is 30.9 Å². The van der Waals surface area contributed by atoms with Gasteiger partial charge in [0.25, 0.3) is 0 Å². The highest BCUT2D eigenvalue weighted by atomic mass is 32.2. The molecule has 2 aliphatic rings. The number of aliphatic hydroxyl groups excluding tert-OH is 1. The number of ether oxygens (including phenoxy) is 2. The van der Waals surface area contributed by atoms with E-state index in [0.717, 1.165) is 5.75 Å². The highest BCUT2D eigenvalue weighted by molar-refractivity contribution is 7.98. The number of hydrogen-bond donors (Lipinski definition) is 2. The van der Waals surface area contributed by atoms with Crippen molar-refractivity contribution in [3.8, 4) is 11.5 Å². The van der Waals surface area contributed by atoms with Gasteiger partial charge in [-0.05, 0) is 30.6 Å². The molecule has 0 aliphatic carbocycles. The maximum atomic E-state index is 12.5. The molecule has 2 heterocycles. The molecule has 7 nitrogen and oxygen atoms in total. The number of rotatable bonds is 7. The Hall–Kier alpha value is -1.93. The van der Waals surface area contributed by atoms with Gasteiger partial charge in [0.1, 0.15) is 13.2 Å². The molecule has 3 rings (SSSR count). The van der Waals surface area contributed by atoms with Gasteiger partial charge in [0.15, 0.2) is 11.5 Å². The van der Waals surface area contributed by atoms with Crippen LogP contribution in [-0.2, 0) is 9.59 Å². The predicted octanol–water partition coefficient (Wildman–Crippen LogP) is 1.04. The molecule has 0 aromatic heterocycles. The maximum Gasteiger partial charge on any atom is 0.227 e. The summed E-state index contributed by atoms with van der Waals surface area (Å²) >= 11 is 1.67. The lowest BCUT2D eigenvalue weighted by Gasteiger charge is -2.22. The Balaban J connectivity index is 1.64. The topological polar surface area (TPSA) is 88.1 Å². The van der Waals surface area contributed by atoms with E-state index >= 15 is 0 Å². The molecule has 26 heavy (non-hydrogen) atoms. The van der Waals surface area contributed by atoms with Crippen molar-refractivity contribution in [2.75, 3.05) is 43.3 Å². The van der Waals surface area contributed by atoms with Crippen LogP contribution < -0.4 is 19.7 Å². The Labute approximate surface area is 157 Å². The van der Waals surface area contributed by atoms with Crippen molar-refractivity contribution >= 4 is 29.3 Å². The summed E-state index contributed by atoms with van der Waals surface area (Å²) in [5, 5.41) is 12.3. The molecule has 1 aromatic rings. The minimum absolute atomic E-state index is 0.0912. The lowest BCUT2D eigenvalue weighted by Crippen LogP contribution is -2.42. The number of amides is 2. The molecule has 2 N–H and O–H groups in total. The maximum absolute atomic E-state index is 12.5. The van der Waals surface area contributed by atoms with E-state index in [0.29, 0.717) is 43.4 Å². The number of hydrogen-bond acceptors (Lipinski definition) is 6. The van der Waals surface area contributed by atoms with Crippen molar-refractivity contribution < 1.29 is 24.2 Å². The number of thioether (sulfide) groups is 1. The molecule has 0 saturated carbocycles. The van der Waals surface area contributed by atoms with Crippen molar-refractivity contribution in [3.05, 3.63) is 18.2 Å². The zero-order chi connectivity index (χ0) is 18.5. The Morgan fingerprint density at radius 2 is 2.15 bits per heavy atom. The SMILES string of the molecule is CSCC[C@@H](CO)NC(=O)[C@@H]1CC(=O)N(c2ccc3c(c2)OCCO3)C1. The number of carbonyl (C=O) groups is 2. The van der Waals surface area contributed by atoms with Gasteiger partial charge in [-0.1, -0.05) is 0 Å². The third-order valence-electron chi connectivity index (χ3n) is 4.57. The molecule has 8 heteroatoms. The van der Waals surface area contributed by atoms with Gasteiger partial charge in [-0.3, -0.25) is 9.59 Å². The fourth-order valence-corrected chi connectivity index (χ4v) is 3.64. The largest absolute Gasteiger partial charge is 0.486 e. The van der Waals surface area contributed by atoms with Gasteiger partial charge >= 0.3 is 0 Å². The fourth-order valence-electron chi connectivity index (χ4n) is 3.12. The average Bonchev–Trinajstić information content (AvgIpc) is 3.06. The lowest BCUT2D eigenvalue weighted by molar-refractivity contribution is -0.127. The van der Waals surface area contributed by atoms with Crippen LogP contribution in [0.2, 0.25) is 0 Å². The molecular formula is C18H24N2O5S. The number of fused-ring (bicyclic) bond motifs is 1. The van der Waals surface area contributed by atoms with Gasteiger partial charge in [0.05, 0.1) is 18.6 Å². The zero-order valence-electron chi connectivity index (χ0n) is 14.8. The van der Waals surface area contributed by atoms with Crippen molar-refractivity contribution in [1.82, 2.24) is 5.32 Å². The van der Waals surface area contributed by atoms with Crippen molar-refractivity contribution in [3.63, 3.8) is 0 Å². The molecule has 1 saturated heterocycles. The van der Waals surface area contributed by atoms with Gasteiger partial charge < -0.3 is 24.8 Å². The minimum Gasteiger partial charge on any atom is -0.486 e. The van der Waals surface area contributed by atoms with Gasteiger partial charge in [-0.25, -0.2) is 0 Å². The second-order valence-electron chi connectivity index (χ2n) is 6.40. The van der Waals surface area contributed by atoms with Crippen LogP contribution in [0.5, 0.6) is 11.5 Å². The summed E-state index contributed by atoms with van der Waals surface area (Å²) in [6, 6.07) is 5.10. The second kappa shape index (κ2) is 8.64. The van der Waals surface area contributed by atoms with E-state index in [1.54, 1.807) is 34.9 Å². The van der Waals surface area contributed by atoms with E-state index in [9.17, 15) is 14.7 Å². The molecule has 0 unspecified atom stereocenters. The summed E-state index contributed by atoms with van der Waals surface area (Å²) in [7, 11) is 0. The Morgan fingerprint density at radius 1 is 1.38 bits per heavy atom. The summed E-state index contributed by atoms with van der Waals surface area (Å²) in [6.07, 6.45) is 2.86. The normalized spacial score (nSPS) is 20.2. The Morgan fingerprint density at radius 3 is 2.88 bits per heavy atom. The first-order valence-corrected chi connectivity index (χ1v) is 10.1. The van der Waals surface area contributed by atoms with Crippen LogP contribution in [0.3, 0.4) is 0 Å². The summed E-state index contributed by atoms with van der Waals surface area (Å²) in [5.41, 5.74) is 0.704. The first-order chi connectivity index (χ1) is 12.6. The van der Waals surface area contributed by atoms with E-state index in [2.05, 4.69) is 5.32 Å². The highest BCUT2D eigenvalue weighted by Gasteiger charge is 2.36. The van der Waals surface area contributed by atoms with Crippen molar-refractivity contribution in [2.24, 2.45) is 5.92 Å². The number of nitrogens with zero attached hydrogens (tertiary/aromatic N) is 1. The molecule has 1 aromatic carbocycles. The van der Waals surface area contributed by atoms with E-state index in [4.69, 9.17) is 9.47 Å². The van der Waals surface area contributed by atoms with Crippen LogP contribution in [0.15, 0.2) is 18.2 Å². The molecule has 2 atom stereocenters. The summed E-state index contributed by atoms with van der Waals surface area (Å²) in [6.45, 7) is 1.22. The van der Waals surface area contributed by atoms with Crippen molar-refractivity contribution in [1.29, 1.82) is 0 Å².